The van der Waals surface area contributed by atoms with E-state index in [2.05, 4.69) is 97.9 Å². The summed E-state index contributed by atoms with van der Waals surface area (Å²) in [5.41, 5.74) is 0. The van der Waals surface area contributed by atoms with Crippen molar-refractivity contribution in [3.05, 3.63) is 91.0 Å². The van der Waals surface area contributed by atoms with Crippen molar-refractivity contribution in [3.63, 3.8) is 0 Å². The average molecular weight is 431 g/mol. The van der Waals surface area contributed by atoms with Crippen LogP contribution in [0.2, 0.25) is 0 Å². The van der Waals surface area contributed by atoms with Gasteiger partial charge in [-0.15, -0.1) is 0 Å². The minimum absolute atomic E-state index is 1.04. The quantitative estimate of drug-likeness (QED) is 0.301. The van der Waals surface area contributed by atoms with Crippen molar-refractivity contribution in [2.45, 2.75) is 26.2 Å². The fourth-order valence-corrected chi connectivity index (χ4v) is 14.4. The van der Waals surface area contributed by atoms with E-state index in [1.807, 2.05) is 19.1 Å². The number of benzene rings is 3. The summed E-state index contributed by atoms with van der Waals surface area (Å²) in [6, 6.07) is 33.3. The molecule has 0 saturated carbocycles. The number of rotatable bonds is 8. The van der Waals surface area contributed by atoms with Gasteiger partial charge in [-0.2, -0.15) is 0 Å². The number of nitrogens with zero attached hydrogens (tertiary/aromatic N) is 2. The Kier molecular flexibility index (Phi) is 7.10. The van der Waals surface area contributed by atoms with Gasteiger partial charge in [0.1, 0.15) is 0 Å². The van der Waals surface area contributed by atoms with Crippen molar-refractivity contribution < 1.29 is 0 Å². The predicted molar refractivity (Wildman–Crippen MR) is 125 cm³/mol. The Bertz CT molecular complexity index is 778. The second kappa shape index (κ2) is 9.74. The molecule has 0 unspecified atom stereocenters. The van der Waals surface area contributed by atoms with Gasteiger partial charge in [-0.3, -0.25) is 0 Å². The summed E-state index contributed by atoms with van der Waals surface area (Å²) in [7, 11) is 4.08. The molecule has 0 aliphatic carbocycles. The first kappa shape index (κ1) is 20.4. The topological polar surface area (TPSA) is 15.6 Å². The van der Waals surface area contributed by atoms with Crippen molar-refractivity contribution in [2.75, 3.05) is 14.1 Å². The third-order valence-corrected chi connectivity index (χ3v) is 15.2. The molecular formula is C25H30GeN2. The summed E-state index contributed by atoms with van der Waals surface area (Å²) in [5, 5.41) is 7.14. The van der Waals surface area contributed by atoms with Crippen LogP contribution >= 0.6 is 0 Å². The molecule has 0 aliphatic heterocycles. The Morgan fingerprint density at radius 1 is 0.714 bits per heavy atom. The summed E-state index contributed by atoms with van der Waals surface area (Å²) in [6.07, 6.45) is 3.36. The molecule has 3 aromatic rings. The van der Waals surface area contributed by atoms with Gasteiger partial charge >= 0.3 is 172 Å². The zero-order valence-electron chi connectivity index (χ0n) is 17.2. The van der Waals surface area contributed by atoms with Gasteiger partial charge in [0.2, 0.25) is 0 Å². The minimum atomic E-state index is -3.16. The molecule has 0 bridgehead atoms. The van der Waals surface area contributed by atoms with Crippen LogP contribution in [0.4, 0.5) is 0 Å². The SMILES string of the molecule is CCCC/[C](=N/N(C)C)[Ge]([c]1ccccc1)([c]1ccccc1)[c]1ccccc1. The van der Waals surface area contributed by atoms with Gasteiger partial charge in [-0.25, -0.2) is 0 Å². The van der Waals surface area contributed by atoms with Crippen LogP contribution in [0.25, 0.3) is 0 Å². The van der Waals surface area contributed by atoms with Gasteiger partial charge in [0.05, 0.1) is 0 Å². The van der Waals surface area contributed by atoms with E-state index in [4.69, 9.17) is 5.10 Å². The maximum absolute atomic E-state index is 5.15. The van der Waals surface area contributed by atoms with Crippen LogP contribution in [0, 0.1) is 0 Å². The second-order valence-electron chi connectivity index (χ2n) is 7.35. The first-order valence-electron chi connectivity index (χ1n) is 10.1. The molecule has 0 atom stereocenters. The number of hydrogen-bond acceptors (Lipinski definition) is 2. The zero-order chi connectivity index (χ0) is 19.8. The molecule has 0 spiro atoms. The van der Waals surface area contributed by atoms with E-state index in [0.29, 0.717) is 0 Å². The molecule has 28 heavy (non-hydrogen) atoms. The zero-order valence-corrected chi connectivity index (χ0v) is 19.3. The summed E-state index contributed by atoms with van der Waals surface area (Å²) in [4.78, 5) is 0. The predicted octanol–water partition coefficient (Wildman–Crippen LogP) is 3.80. The third kappa shape index (κ3) is 4.22. The summed E-state index contributed by atoms with van der Waals surface area (Å²) >= 11 is -3.16. The molecule has 0 radical (unpaired) electrons. The fourth-order valence-electron chi connectivity index (χ4n) is 3.96. The van der Waals surface area contributed by atoms with Crippen molar-refractivity contribution >= 4 is 31.0 Å². The van der Waals surface area contributed by atoms with Crippen LogP contribution in [0.5, 0.6) is 0 Å². The fraction of sp³-hybridized carbons (Fsp3) is 0.240. The van der Waals surface area contributed by atoms with Crippen LogP contribution in [-0.2, 0) is 0 Å². The first-order chi connectivity index (χ1) is 13.7. The Morgan fingerprint density at radius 3 is 1.43 bits per heavy atom. The Labute approximate surface area is 172 Å². The second-order valence-corrected chi connectivity index (χ2v) is 15.3. The van der Waals surface area contributed by atoms with Crippen molar-refractivity contribution in [2.24, 2.45) is 5.10 Å². The van der Waals surface area contributed by atoms with Crippen molar-refractivity contribution in [3.8, 4) is 0 Å². The van der Waals surface area contributed by atoms with E-state index in [1.165, 1.54) is 24.2 Å². The average Bonchev–Trinajstić information content (AvgIpc) is 2.74. The first-order valence-corrected chi connectivity index (χ1v) is 14.3. The summed E-state index contributed by atoms with van der Waals surface area (Å²) in [6.45, 7) is 2.26. The van der Waals surface area contributed by atoms with E-state index in [-0.39, 0.29) is 0 Å². The van der Waals surface area contributed by atoms with Gasteiger partial charge < -0.3 is 0 Å². The van der Waals surface area contributed by atoms with Crippen molar-refractivity contribution in [1.82, 2.24) is 5.01 Å². The molecule has 3 rings (SSSR count). The van der Waals surface area contributed by atoms with E-state index in [1.54, 1.807) is 0 Å². The third-order valence-electron chi connectivity index (χ3n) is 5.14. The molecule has 0 amide bonds. The van der Waals surface area contributed by atoms with Crippen LogP contribution in [0.3, 0.4) is 0 Å². The molecule has 0 aliphatic rings. The van der Waals surface area contributed by atoms with Gasteiger partial charge in [-0.1, -0.05) is 0 Å². The van der Waals surface area contributed by atoms with E-state index in [0.717, 1.165) is 12.8 Å². The van der Waals surface area contributed by atoms with Gasteiger partial charge in [0.25, 0.3) is 0 Å². The molecule has 144 valence electrons. The summed E-state index contributed by atoms with van der Waals surface area (Å²) < 4.78 is 5.69. The Balaban J connectivity index is 2.39. The molecule has 0 N–H and O–H groups in total. The van der Waals surface area contributed by atoms with Crippen molar-refractivity contribution in [1.29, 1.82) is 0 Å². The van der Waals surface area contributed by atoms with Crippen LogP contribution < -0.4 is 13.2 Å². The molecule has 0 aromatic heterocycles. The number of hydrazone groups is 1. The molecule has 0 fully saturated rings. The van der Waals surface area contributed by atoms with Gasteiger partial charge in [-0.05, 0) is 0 Å². The monoisotopic (exact) mass is 432 g/mol. The molecule has 3 aromatic carbocycles. The van der Waals surface area contributed by atoms with Gasteiger partial charge in [0, 0.05) is 0 Å². The van der Waals surface area contributed by atoms with E-state index < -0.39 is 13.3 Å². The van der Waals surface area contributed by atoms with E-state index >= 15 is 0 Å². The molecule has 3 heteroatoms. The Morgan fingerprint density at radius 2 is 1.11 bits per heavy atom. The molecule has 2 nitrogen and oxygen atoms in total. The van der Waals surface area contributed by atoms with Crippen LogP contribution in [-0.4, -0.2) is 36.9 Å². The molecule has 0 saturated heterocycles. The number of hydrogen-bond donors (Lipinski definition) is 0. The standard InChI is InChI=1S/C25H30GeN2/c1-4-5-21-25(27-28(2)3)26(22-15-9-6-10-16-22,23-17-11-7-12-18-23)24-19-13-8-14-20-24/h6-20H,4-5,21H2,1-3H3/b27-25-. The van der Waals surface area contributed by atoms with E-state index in [9.17, 15) is 0 Å². The van der Waals surface area contributed by atoms with Crippen LogP contribution in [0.15, 0.2) is 96.1 Å². The number of unbranched alkanes of at least 4 members (excludes halogenated alkanes) is 1. The Hall–Kier alpha value is -2.33. The maximum atomic E-state index is 5.15. The summed E-state index contributed by atoms with van der Waals surface area (Å²) in [5.74, 6) is 0. The normalized spacial score (nSPS) is 12.0. The van der Waals surface area contributed by atoms with Crippen LogP contribution in [0.1, 0.15) is 26.2 Å². The molecular weight excluding hydrogens is 401 g/mol. The van der Waals surface area contributed by atoms with Gasteiger partial charge in [0.15, 0.2) is 0 Å². The molecule has 0 heterocycles.